The van der Waals surface area contributed by atoms with E-state index in [1.165, 1.54) is 13.3 Å². The van der Waals surface area contributed by atoms with Gasteiger partial charge in [-0.15, -0.1) is 0 Å². The van der Waals surface area contributed by atoms with Gasteiger partial charge in [0.2, 0.25) is 11.8 Å². The summed E-state index contributed by atoms with van der Waals surface area (Å²) in [6, 6.07) is 7.34. The minimum atomic E-state index is -0.496. The monoisotopic (exact) mass is 424 g/mol. The Morgan fingerprint density at radius 3 is 2.61 bits per heavy atom. The van der Waals surface area contributed by atoms with Crippen molar-refractivity contribution in [2.24, 2.45) is 5.10 Å². The van der Waals surface area contributed by atoms with Crippen molar-refractivity contribution < 1.29 is 14.3 Å². The molecule has 1 aromatic carbocycles. The highest BCUT2D eigenvalue weighted by Crippen LogP contribution is 2.27. The number of aryl methyl sites for hydroxylation is 1. The Morgan fingerprint density at radius 2 is 1.93 bits per heavy atom. The lowest BCUT2D eigenvalue weighted by Crippen LogP contribution is -2.31. The Kier molecular flexibility index (Phi) is 8.04. The van der Waals surface area contributed by atoms with Crippen molar-refractivity contribution in [2.75, 3.05) is 20.3 Å². The molecule has 1 heterocycles. The molecule has 9 heteroatoms. The van der Waals surface area contributed by atoms with E-state index in [1.54, 1.807) is 12.1 Å². The number of amides is 2. The third-order valence-corrected chi connectivity index (χ3v) is 4.71. The van der Waals surface area contributed by atoms with Crippen LogP contribution in [0.25, 0.3) is 5.69 Å². The SMILES string of the molecule is COCCNC(=O)CC(=O)N/N=C/c1cc(C)n(-c2ccc(Cl)c(Cl)c2)c1C. The minimum Gasteiger partial charge on any atom is -0.383 e. The third-order valence-electron chi connectivity index (χ3n) is 3.97. The summed E-state index contributed by atoms with van der Waals surface area (Å²) >= 11 is 12.1. The Bertz CT molecular complexity index is 894. The van der Waals surface area contributed by atoms with Gasteiger partial charge >= 0.3 is 0 Å². The number of nitrogens with zero attached hydrogens (tertiary/aromatic N) is 2. The molecule has 2 N–H and O–H groups in total. The summed E-state index contributed by atoms with van der Waals surface area (Å²) in [5, 5.41) is 7.47. The van der Waals surface area contributed by atoms with Gasteiger partial charge in [-0.3, -0.25) is 9.59 Å². The fourth-order valence-electron chi connectivity index (χ4n) is 2.65. The number of halogens is 2. The molecule has 2 rings (SSSR count). The molecule has 0 radical (unpaired) electrons. The lowest BCUT2D eigenvalue weighted by molar-refractivity contribution is -0.129. The lowest BCUT2D eigenvalue weighted by Gasteiger charge is -2.10. The van der Waals surface area contributed by atoms with E-state index in [0.717, 1.165) is 22.6 Å². The average molecular weight is 425 g/mol. The maximum Gasteiger partial charge on any atom is 0.249 e. The van der Waals surface area contributed by atoms with E-state index in [0.29, 0.717) is 23.2 Å². The van der Waals surface area contributed by atoms with Crippen LogP contribution in [-0.2, 0) is 14.3 Å². The van der Waals surface area contributed by atoms with E-state index in [9.17, 15) is 9.59 Å². The van der Waals surface area contributed by atoms with Crippen molar-refractivity contribution >= 4 is 41.2 Å². The Balaban J connectivity index is 2.02. The van der Waals surface area contributed by atoms with Crippen LogP contribution >= 0.6 is 23.2 Å². The molecule has 7 nitrogen and oxygen atoms in total. The Labute approximate surface area is 173 Å². The summed E-state index contributed by atoms with van der Waals surface area (Å²) in [6.07, 6.45) is 1.24. The number of methoxy groups -OCH3 is 1. The van der Waals surface area contributed by atoms with E-state index in [2.05, 4.69) is 15.8 Å². The molecule has 0 saturated carbocycles. The number of aromatic nitrogens is 1. The lowest BCUT2D eigenvalue weighted by atomic mass is 10.2. The largest absolute Gasteiger partial charge is 0.383 e. The summed E-state index contributed by atoms with van der Waals surface area (Å²) in [4.78, 5) is 23.3. The first-order valence-electron chi connectivity index (χ1n) is 8.55. The van der Waals surface area contributed by atoms with Crippen molar-refractivity contribution in [2.45, 2.75) is 20.3 Å². The van der Waals surface area contributed by atoms with Crippen LogP contribution in [0.5, 0.6) is 0 Å². The molecule has 0 fully saturated rings. The predicted molar refractivity (Wildman–Crippen MR) is 111 cm³/mol. The van der Waals surface area contributed by atoms with Crippen LogP contribution in [0.1, 0.15) is 23.4 Å². The van der Waals surface area contributed by atoms with Gasteiger partial charge in [-0.1, -0.05) is 23.2 Å². The number of rotatable bonds is 8. The standard InChI is InChI=1S/C19H22Cl2N4O3/c1-12-8-14(11-23-24-19(27)10-18(26)22-6-7-28-3)13(2)25(12)15-4-5-16(20)17(21)9-15/h4-5,8-9,11H,6-7,10H2,1-3H3,(H,22,26)(H,24,27)/b23-11+. The number of hydrogen-bond acceptors (Lipinski definition) is 4. The smallest absolute Gasteiger partial charge is 0.249 e. The number of benzene rings is 1. The summed E-state index contributed by atoms with van der Waals surface area (Å²) < 4.78 is 6.83. The molecule has 0 aliphatic carbocycles. The zero-order valence-corrected chi connectivity index (χ0v) is 17.4. The quantitative estimate of drug-likeness (QED) is 0.295. The van der Waals surface area contributed by atoms with Crippen LogP contribution in [0.3, 0.4) is 0 Å². The van der Waals surface area contributed by atoms with Crippen LogP contribution in [0.2, 0.25) is 10.0 Å². The second-order valence-electron chi connectivity index (χ2n) is 6.07. The highest BCUT2D eigenvalue weighted by atomic mass is 35.5. The minimum absolute atomic E-state index is 0.302. The number of carbonyl (C=O) groups excluding carboxylic acids is 2. The summed E-state index contributed by atoms with van der Waals surface area (Å²) in [6.45, 7) is 4.63. The molecule has 0 aliphatic heterocycles. The van der Waals surface area contributed by atoms with Crippen LogP contribution in [0.4, 0.5) is 0 Å². The number of ether oxygens (including phenoxy) is 1. The van der Waals surface area contributed by atoms with Gasteiger partial charge in [0.25, 0.3) is 0 Å². The number of carbonyl (C=O) groups is 2. The number of hydrazone groups is 1. The van der Waals surface area contributed by atoms with Crippen molar-refractivity contribution in [3.05, 3.63) is 51.3 Å². The predicted octanol–water partition coefficient (Wildman–Crippen LogP) is 3.00. The van der Waals surface area contributed by atoms with Gasteiger partial charge < -0.3 is 14.6 Å². The average Bonchev–Trinajstić information content (AvgIpc) is 2.91. The molecule has 1 aromatic heterocycles. The van der Waals surface area contributed by atoms with Crippen LogP contribution in [0, 0.1) is 13.8 Å². The molecule has 28 heavy (non-hydrogen) atoms. The topological polar surface area (TPSA) is 84.7 Å². The maximum absolute atomic E-state index is 11.8. The highest BCUT2D eigenvalue weighted by Gasteiger charge is 2.11. The molecule has 0 saturated heterocycles. The molecule has 0 bridgehead atoms. The Morgan fingerprint density at radius 1 is 1.18 bits per heavy atom. The fraction of sp³-hybridized carbons (Fsp3) is 0.316. The van der Waals surface area contributed by atoms with Gasteiger partial charge in [-0.25, -0.2) is 5.43 Å². The van der Waals surface area contributed by atoms with Crippen molar-refractivity contribution in [3.63, 3.8) is 0 Å². The van der Waals surface area contributed by atoms with E-state index in [4.69, 9.17) is 27.9 Å². The van der Waals surface area contributed by atoms with Gasteiger partial charge in [-0.2, -0.15) is 5.10 Å². The molecular formula is C19H22Cl2N4O3. The molecule has 2 aromatic rings. The maximum atomic E-state index is 11.8. The molecule has 2 amide bonds. The highest BCUT2D eigenvalue weighted by molar-refractivity contribution is 6.42. The third kappa shape index (κ3) is 5.82. The van der Waals surface area contributed by atoms with Crippen molar-refractivity contribution in [1.29, 1.82) is 0 Å². The van der Waals surface area contributed by atoms with Gasteiger partial charge in [0.1, 0.15) is 6.42 Å². The molecule has 0 spiro atoms. The normalized spacial score (nSPS) is 11.0. The fourth-order valence-corrected chi connectivity index (χ4v) is 2.95. The number of hydrogen-bond donors (Lipinski definition) is 2. The zero-order chi connectivity index (χ0) is 20.7. The summed E-state index contributed by atoms with van der Waals surface area (Å²) in [5.41, 5.74) is 5.95. The van der Waals surface area contributed by atoms with E-state index in [-0.39, 0.29) is 12.3 Å². The first kappa shape index (κ1) is 21.9. The van der Waals surface area contributed by atoms with Crippen molar-refractivity contribution in [3.8, 4) is 5.69 Å². The molecule has 150 valence electrons. The second kappa shape index (κ2) is 10.3. The summed E-state index contributed by atoms with van der Waals surface area (Å²) in [7, 11) is 1.53. The van der Waals surface area contributed by atoms with Gasteiger partial charge in [0, 0.05) is 36.3 Å². The zero-order valence-electron chi connectivity index (χ0n) is 15.9. The number of nitrogens with one attached hydrogen (secondary N) is 2. The van der Waals surface area contributed by atoms with Gasteiger partial charge in [0.05, 0.1) is 22.9 Å². The van der Waals surface area contributed by atoms with Gasteiger partial charge in [0.15, 0.2) is 0 Å². The van der Waals surface area contributed by atoms with Crippen molar-refractivity contribution in [1.82, 2.24) is 15.3 Å². The molecule has 0 atom stereocenters. The second-order valence-corrected chi connectivity index (χ2v) is 6.89. The van der Waals surface area contributed by atoms with Crippen LogP contribution in [-0.4, -0.2) is 42.9 Å². The van der Waals surface area contributed by atoms with Crippen LogP contribution < -0.4 is 10.7 Å². The van der Waals surface area contributed by atoms with E-state index >= 15 is 0 Å². The van der Waals surface area contributed by atoms with E-state index < -0.39 is 5.91 Å². The molecular weight excluding hydrogens is 403 g/mol. The van der Waals surface area contributed by atoms with Crippen LogP contribution in [0.15, 0.2) is 29.4 Å². The molecule has 0 aliphatic rings. The van der Waals surface area contributed by atoms with Gasteiger partial charge in [-0.05, 0) is 38.1 Å². The Hall–Kier alpha value is -2.35. The summed E-state index contributed by atoms with van der Waals surface area (Å²) in [5.74, 6) is -0.882. The molecule has 0 unspecified atom stereocenters. The first-order chi connectivity index (χ1) is 13.3. The first-order valence-corrected chi connectivity index (χ1v) is 9.31. The van der Waals surface area contributed by atoms with E-state index in [1.807, 2.05) is 30.5 Å².